The van der Waals surface area contributed by atoms with E-state index in [1.807, 2.05) is 0 Å². The van der Waals surface area contributed by atoms with E-state index in [0.717, 1.165) is 39.8 Å². The third-order valence-electron chi connectivity index (χ3n) is 9.64. The van der Waals surface area contributed by atoms with Crippen LogP contribution >= 0.6 is 0 Å². The predicted octanol–water partition coefficient (Wildman–Crippen LogP) is 12.0. The van der Waals surface area contributed by atoms with E-state index in [4.69, 9.17) is 0 Å². The lowest BCUT2D eigenvalue weighted by molar-refractivity contribution is 1.12. The Balaban J connectivity index is 1.10. The van der Waals surface area contributed by atoms with Crippen molar-refractivity contribution in [3.8, 4) is 11.4 Å². The van der Waals surface area contributed by atoms with Gasteiger partial charge in [-0.1, -0.05) is 84.9 Å². The molecule has 4 nitrogen and oxygen atoms in total. The molecule has 9 aromatic rings. The van der Waals surface area contributed by atoms with Gasteiger partial charge in [0.15, 0.2) is 0 Å². The van der Waals surface area contributed by atoms with E-state index in [2.05, 4.69) is 201 Å². The van der Waals surface area contributed by atoms with Gasteiger partial charge < -0.3 is 18.9 Å². The Morgan fingerprint density at radius 1 is 0.292 bits per heavy atom. The molecule has 1 aliphatic rings. The van der Waals surface area contributed by atoms with Crippen molar-refractivity contribution in [3.63, 3.8) is 0 Å². The molecular formula is C44H30N4. The maximum absolute atomic E-state index is 2.41. The number of rotatable bonds is 4. The maximum atomic E-state index is 2.41. The van der Waals surface area contributed by atoms with Gasteiger partial charge in [0.2, 0.25) is 0 Å². The normalized spacial score (nSPS) is 12.5. The van der Waals surface area contributed by atoms with Crippen LogP contribution in [0.2, 0.25) is 0 Å². The number of nitrogens with zero attached hydrogens (tertiary/aromatic N) is 4. The summed E-state index contributed by atoms with van der Waals surface area (Å²) in [7, 11) is 0. The summed E-state index contributed by atoms with van der Waals surface area (Å²) in [4.78, 5) is 4.74. The number of fused-ring (bicyclic) bond motifs is 7. The van der Waals surface area contributed by atoms with Gasteiger partial charge in [-0.25, -0.2) is 0 Å². The van der Waals surface area contributed by atoms with E-state index in [9.17, 15) is 0 Å². The summed E-state index contributed by atoms with van der Waals surface area (Å²) in [5.74, 6) is 0. The lowest BCUT2D eigenvalue weighted by Crippen LogP contribution is -2.23. The number of anilines is 6. The van der Waals surface area contributed by atoms with Gasteiger partial charge in [0.1, 0.15) is 0 Å². The van der Waals surface area contributed by atoms with E-state index in [1.54, 1.807) is 0 Å². The molecule has 0 aliphatic carbocycles. The molecule has 0 saturated carbocycles. The highest BCUT2D eigenvalue weighted by Gasteiger charge is 2.30. The van der Waals surface area contributed by atoms with E-state index >= 15 is 0 Å². The molecule has 4 heteroatoms. The molecule has 0 amide bonds. The third kappa shape index (κ3) is 3.90. The summed E-state index contributed by atoms with van der Waals surface area (Å²) in [6.07, 6.45) is 2.20. The largest absolute Gasteiger partial charge is 0.316 e. The maximum Gasteiger partial charge on any atom is 0.0703 e. The Hall–Kier alpha value is -6.52. The Morgan fingerprint density at radius 2 is 0.792 bits per heavy atom. The molecule has 48 heavy (non-hydrogen) atoms. The Labute approximate surface area is 278 Å². The van der Waals surface area contributed by atoms with E-state index in [-0.39, 0.29) is 0 Å². The smallest absolute Gasteiger partial charge is 0.0703 e. The molecule has 0 atom stereocenters. The summed E-state index contributed by atoms with van der Waals surface area (Å²) in [6.45, 7) is 0. The highest BCUT2D eigenvalue weighted by molar-refractivity contribution is 6.18. The lowest BCUT2D eigenvalue weighted by atomic mass is 10.0. The number of aromatic nitrogens is 2. The fourth-order valence-electron chi connectivity index (χ4n) is 7.59. The van der Waals surface area contributed by atoms with Crippen molar-refractivity contribution in [2.75, 3.05) is 9.80 Å². The molecule has 2 aromatic heterocycles. The van der Waals surface area contributed by atoms with E-state index < -0.39 is 0 Å². The summed E-state index contributed by atoms with van der Waals surface area (Å²) >= 11 is 0. The molecule has 0 unspecified atom stereocenters. The first-order valence-corrected chi connectivity index (χ1v) is 16.4. The average Bonchev–Trinajstić information content (AvgIpc) is 3.74. The first-order chi connectivity index (χ1) is 23.8. The molecule has 0 saturated heterocycles. The Kier molecular flexibility index (Phi) is 5.84. The minimum absolute atomic E-state index is 1.12. The Bertz CT molecular complexity index is 2570. The quantitative estimate of drug-likeness (QED) is 0.196. The van der Waals surface area contributed by atoms with Crippen LogP contribution in [-0.2, 0) is 0 Å². The van der Waals surface area contributed by atoms with Crippen LogP contribution in [0, 0.1) is 0 Å². The van der Waals surface area contributed by atoms with Gasteiger partial charge in [-0.2, -0.15) is 0 Å². The zero-order valence-corrected chi connectivity index (χ0v) is 26.1. The van der Waals surface area contributed by atoms with Crippen molar-refractivity contribution in [1.82, 2.24) is 9.13 Å². The van der Waals surface area contributed by atoms with Crippen LogP contribution in [0.3, 0.4) is 0 Å². The Morgan fingerprint density at radius 3 is 1.42 bits per heavy atom. The summed E-state index contributed by atoms with van der Waals surface area (Å²) in [5.41, 5.74) is 12.8. The second-order valence-electron chi connectivity index (χ2n) is 12.3. The van der Waals surface area contributed by atoms with Crippen LogP contribution < -0.4 is 9.80 Å². The number of hydrogen-bond donors (Lipinski definition) is 0. The van der Waals surface area contributed by atoms with Gasteiger partial charge in [-0.15, -0.1) is 0 Å². The zero-order valence-electron chi connectivity index (χ0n) is 26.1. The molecule has 0 bridgehead atoms. The molecule has 10 rings (SSSR count). The zero-order chi connectivity index (χ0) is 31.6. The predicted molar refractivity (Wildman–Crippen MR) is 201 cm³/mol. The minimum Gasteiger partial charge on any atom is -0.316 e. The second-order valence-corrected chi connectivity index (χ2v) is 12.3. The lowest BCUT2D eigenvalue weighted by Gasteiger charge is -2.40. The van der Waals surface area contributed by atoms with Gasteiger partial charge >= 0.3 is 0 Å². The topological polar surface area (TPSA) is 16.3 Å². The second kappa shape index (κ2) is 10.5. The van der Waals surface area contributed by atoms with Crippen molar-refractivity contribution in [2.45, 2.75) is 0 Å². The number of hydrogen-bond acceptors (Lipinski definition) is 2. The fourth-order valence-corrected chi connectivity index (χ4v) is 7.59. The highest BCUT2D eigenvalue weighted by atomic mass is 15.3. The van der Waals surface area contributed by atoms with Crippen LogP contribution in [0.4, 0.5) is 34.1 Å². The highest BCUT2D eigenvalue weighted by Crippen LogP contribution is 2.53. The summed E-state index contributed by atoms with van der Waals surface area (Å²) < 4.78 is 4.71. The van der Waals surface area contributed by atoms with Crippen molar-refractivity contribution < 1.29 is 0 Å². The van der Waals surface area contributed by atoms with Gasteiger partial charge in [0.25, 0.3) is 0 Å². The third-order valence-corrected chi connectivity index (χ3v) is 9.64. The molecule has 226 valence electrons. The monoisotopic (exact) mass is 614 g/mol. The van der Waals surface area contributed by atoms with Crippen molar-refractivity contribution in [1.29, 1.82) is 0 Å². The SMILES string of the molecule is c1ccc(N2c3ccccc3N(c3ccc(-n4ccc5c4ccc4c6ccccc6n(-c6ccccc6)c45)cc3)c3ccccc32)cc1. The van der Waals surface area contributed by atoms with Crippen LogP contribution in [0.25, 0.3) is 44.1 Å². The molecule has 0 radical (unpaired) electrons. The summed E-state index contributed by atoms with van der Waals surface area (Å²) in [5, 5.41) is 3.77. The first-order valence-electron chi connectivity index (χ1n) is 16.4. The molecule has 1 aliphatic heterocycles. The summed E-state index contributed by atoms with van der Waals surface area (Å²) in [6, 6.07) is 63.1. The van der Waals surface area contributed by atoms with Gasteiger partial charge in [0, 0.05) is 45.1 Å². The number of para-hydroxylation sites is 7. The van der Waals surface area contributed by atoms with Crippen LogP contribution in [0.1, 0.15) is 0 Å². The van der Waals surface area contributed by atoms with Crippen molar-refractivity contribution >= 4 is 66.8 Å². The van der Waals surface area contributed by atoms with Crippen molar-refractivity contribution in [3.05, 3.63) is 182 Å². The molecule has 0 fully saturated rings. The molecule has 0 spiro atoms. The van der Waals surface area contributed by atoms with Gasteiger partial charge in [0.05, 0.1) is 39.3 Å². The van der Waals surface area contributed by atoms with Gasteiger partial charge in [-0.05, 0) is 91.0 Å². The first kappa shape index (κ1) is 26.7. The fraction of sp³-hybridized carbons (Fsp3) is 0. The van der Waals surface area contributed by atoms with Crippen LogP contribution in [0.15, 0.2) is 182 Å². The van der Waals surface area contributed by atoms with Crippen molar-refractivity contribution in [2.24, 2.45) is 0 Å². The van der Waals surface area contributed by atoms with Crippen LogP contribution in [0.5, 0.6) is 0 Å². The number of benzene rings is 7. The van der Waals surface area contributed by atoms with E-state index in [0.29, 0.717) is 0 Å². The van der Waals surface area contributed by atoms with E-state index in [1.165, 1.54) is 38.4 Å². The molecule has 3 heterocycles. The standard InChI is InChI=1S/C44H30N4/c1-3-13-32(14-4-1)46-40-19-9-11-21-42(40)47(43-22-12-10-20-41(43)46)34-25-23-31(24-26-34)45-30-29-37-38(45)28-27-36-35-17-7-8-18-39(35)48(44(36)37)33-15-5-2-6-16-33/h1-30H. The van der Waals surface area contributed by atoms with Gasteiger partial charge in [-0.3, -0.25) is 0 Å². The average molecular weight is 615 g/mol. The molecule has 0 N–H and O–H groups in total. The van der Waals surface area contributed by atoms with Crippen LogP contribution in [-0.4, -0.2) is 9.13 Å². The minimum atomic E-state index is 1.12. The molecule has 7 aromatic carbocycles. The molecular weight excluding hydrogens is 585 g/mol.